The molecule has 21 heavy (non-hydrogen) atoms. The molecule has 1 heterocycles. The van der Waals surface area contributed by atoms with Gasteiger partial charge in [0.1, 0.15) is 0 Å². The fourth-order valence-electron chi connectivity index (χ4n) is 2.24. The van der Waals surface area contributed by atoms with Gasteiger partial charge in [0.25, 0.3) is 0 Å². The van der Waals surface area contributed by atoms with Crippen LogP contribution in [-0.2, 0) is 4.79 Å². The molecule has 1 aromatic carbocycles. The number of hydrogen-bond acceptors (Lipinski definition) is 3. The number of carbonyl (C=O) groups is 1. The smallest absolute Gasteiger partial charge is 0.224 e. The third-order valence-corrected chi connectivity index (χ3v) is 3.74. The zero-order valence-corrected chi connectivity index (χ0v) is 14.3. The highest BCUT2D eigenvalue weighted by Gasteiger charge is 2.25. The van der Waals surface area contributed by atoms with E-state index in [0.29, 0.717) is 6.54 Å². The van der Waals surface area contributed by atoms with Crippen LogP contribution in [0.2, 0.25) is 5.02 Å². The third kappa shape index (κ3) is 5.55. The number of amides is 1. The number of carbonyl (C=O) groups excluding carboxylic acids is 1. The van der Waals surface area contributed by atoms with Crippen molar-refractivity contribution in [3.8, 4) is 0 Å². The van der Waals surface area contributed by atoms with Gasteiger partial charge in [-0.1, -0.05) is 24.6 Å². The van der Waals surface area contributed by atoms with Crippen molar-refractivity contribution in [3.05, 3.63) is 29.3 Å². The van der Waals surface area contributed by atoms with Gasteiger partial charge >= 0.3 is 0 Å². The van der Waals surface area contributed by atoms with Gasteiger partial charge in [0.05, 0.1) is 0 Å². The van der Waals surface area contributed by atoms with Crippen molar-refractivity contribution >= 4 is 48.0 Å². The molecule has 1 aromatic rings. The van der Waals surface area contributed by atoms with E-state index in [0.717, 1.165) is 30.2 Å². The van der Waals surface area contributed by atoms with Gasteiger partial charge in [0.15, 0.2) is 0 Å². The van der Waals surface area contributed by atoms with E-state index in [1.807, 2.05) is 31.2 Å². The van der Waals surface area contributed by atoms with Crippen LogP contribution in [0, 0.1) is 5.92 Å². The first-order valence-corrected chi connectivity index (χ1v) is 6.99. The number of nitrogens with two attached hydrogens (primary N) is 1. The summed E-state index contributed by atoms with van der Waals surface area (Å²) in [6.07, 6.45) is 0.954. The minimum Gasteiger partial charge on any atom is -0.369 e. The molecule has 0 spiro atoms. The van der Waals surface area contributed by atoms with Crippen molar-refractivity contribution in [1.29, 1.82) is 0 Å². The standard InChI is InChI=1S/C14H20ClN3O.2ClH/c1-10(8-16)14(19)17-12-5-6-18(9-12)13-4-2-3-11(15)7-13;;/h2-4,7,10,12H,5-6,8-9,16H2,1H3,(H,17,19);2*1H. The Morgan fingerprint density at radius 2 is 2.24 bits per heavy atom. The van der Waals surface area contributed by atoms with E-state index in [-0.39, 0.29) is 42.7 Å². The van der Waals surface area contributed by atoms with E-state index >= 15 is 0 Å². The Bertz CT molecular complexity index is 459. The van der Waals surface area contributed by atoms with Crippen LogP contribution in [0.3, 0.4) is 0 Å². The second-order valence-corrected chi connectivity index (χ2v) is 5.49. The average molecular weight is 355 g/mol. The molecule has 1 saturated heterocycles. The first kappa shape index (κ1) is 20.3. The number of hydrogen-bond donors (Lipinski definition) is 2. The van der Waals surface area contributed by atoms with Crippen LogP contribution in [0.25, 0.3) is 0 Å². The first-order valence-electron chi connectivity index (χ1n) is 6.61. The maximum atomic E-state index is 11.8. The molecular formula is C14H22Cl3N3O. The largest absolute Gasteiger partial charge is 0.369 e. The van der Waals surface area contributed by atoms with E-state index in [4.69, 9.17) is 17.3 Å². The monoisotopic (exact) mass is 353 g/mol. The molecule has 1 fully saturated rings. The molecule has 0 aliphatic carbocycles. The van der Waals surface area contributed by atoms with Crippen LogP contribution >= 0.6 is 36.4 Å². The molecule has 2 atom stereocenters. The van der Waals surface area contributed by atoms with Crippen molar-refractivity contribution in [1.82, 2.24) is 5.32 Å². The Balaban J connectivity index is 0.00000200. The SMILES string of the molecule is CC(CN)C(=O)NC1CCN(c2cccc(Cl)c2)C1.Cl.Cl. The first-order chi connectivity index (χ1) is 9.10. The Labute approximate surface area is 143 Å². The van der Waals surface area contributed by atoms with Gasteiger partial charge in [-0.15, -0.1) is 24.8 Å². The van der Waals surface area contributed by atoms with Gasteiger partial charge in [-0.05, 0) is 24.6 Å². The molecule has 3 N–H and O–H groups in total. The maximum Gasteiger partial charge on any atom is 0.224 e. The number of benzene rings is 1. The summed E-state index contributed by atoms with van der Waals surface area (Å²) in [5.74, 6) is -0.0827. The Hall–Kier alpha value is -0.680. The topological polar surface area (TPSA) is 58.4 Å². The molecule has 7 heteroatoms. The summed E-state index contributed by atoms with van der Waals surface area (Å²) in [6.45, 7) is 3.99. The highest BCUT2D eigenvalue weighted by Crippen LogP contribution is 2.23. The second kappa shape index (κ2) is 9.36. The summed E-state index contributed by atoms with van der Waals surface area (Å²) in [6, 6.07) is 8.00. The molecular weight excluding hydrogens is 333 g/mol. The highest BCUT2D eigenvalue weighted by molar-refractivity contribution is 6.30. The number of nitrogens with one attached hydrogen (secondary N) is 1. The average Bonchev–Trinajstić information content (AvgIpc) is 2.86. The molecule has 0 aromatic heterocycles. The molecule has 1 aliphatic rings. The van der Waals surface area contributed by atoms with E-state index < -0.39 is 0 Å². The third-order valence-electron chi connectivity index (χ3n) is 3.51. The molecule has 0 bridgehead atoms. The zero-order chi connectivity index (χ0) is 13.8. The molecule has 1 aliphatic heterocycles. The van der Waals surface area contributed by atoms with Crippen molar-refractivity contribution in [2.45, 2.75) is 19.4 Å². The lowest BCUT2D eigenvalue weighted by Gasteiger charge is -2.20. The van der Waals surface area contributed by atoms with E-state index in [1.165, 1.54) is 0 Å². The van der Waals surface area contributed by atoms with Gasteiger partial charge in [-0.3, -0.25) is 4.79 Å². The molecule has 2 rings (SSSR count). The summed E-state index contributed by atoms with van der Waals surface area (Å²) in [4.78, 5) is 14.0. The van der Waals surface area contributed by atoms with E-state index in [2.05, 4.69) is 10.2 Å². The van der Waals surface area contributed by atoms with Gasteiger partial charge < -0.3 is 16.0 Å². The molecule has 4 nitrogen and oxygen atoms in total. The molecule has 0 radical (unpaired) electrons. The van der Waals surface area contributed by atoms with Crippen molar-refractivity contribution in [2.75, 3.05) is 24.5 Å². The van der Waals surface area contributed by atoms with Crippen LogP contribution < -0.4 is 16.0 Å². The van der Waals surface area contributed by atoms with E-state index in [1.54, 1.807) is 0 Å². The van der Waals surface area contributed by atoms with Gasteiger partial charge in [0.2, 0.25) is 5.91 Å². The van der Waals surface area contributed by atoms with Crippen molar-refractivity contribution in [3.63, 3.8) is 0 Å². The highest BCUT2D eigenvalue weighted by atomic mass is 35.5. The zero-order valence-electron chi connectivity index (χ0n) is 11.9. The normalized spacial score (nSPS) is 18.4. The van der Waals surface area contributed by atoms with Crippen molar-refractivity contribution in [2.24, 2.45) is 11.7 Å². The lowest BCUT2D eigenvalue weighted by Crippen LogP contribution is -2.41. The van der Waals surface area contributed by atoms with Crippen molar-refractivity contribution < 1.29 is 4.79 Å². The Morgan fingerprint density at radius 1 is 1.52 bits per heavy atom. The second-order valence-electron chi connectivity index (χ2n) is 5.06. The van der Waals surface area contributed by atoms with Crippen LogP contribution in [0.15, 0.2) is 24.3 Å². The lowest BCUT2D eigenvalue weighted by atomic mass is 10.1. The Kier molecular flexibility index (Phi) is 9.06. The predicted molar refractivity (Wildman–Crippen MR) is 92.9 cm³/mol. The maximum absolute atomic E-state index is 11.8. The van der Waals surface area contributed by atoms with Gasteiger partial charge in [-0.2, -0.15) is 0 Å². The molecule has 1 amide bonds. The van der Waals surface area contributed by atoms with Crippen LogP contribution in [-0.4, -0.2) is 31.6 Å². The summed E-state index contributed by atoms with van der Waals surface area (Å²) >= 11 is 5.99. The summed E-state index contributed by atoms with van der Waals surface area (Å²) in [7, 11) is 0. The minimum absolute atomic E-state index is 0. The molecule has 2 unspecified atom stereocenters. The van der Waals surface area contributed by atoms with Crippen LogP contribution in [0.4, 0.5) is 5.69 Å². The van der Waals surface area contributed by atoms with Gasteiger partial charge in [-0.25, -0.2) is 0 Å². The fraction of sp³-hybridized carbons (Fsp3) is 0.500. The quantitative estimate of drug-likeness (QED) is 0.873. The summed E-state index contributed by atoms with van der Waals surface area (Å²) < 4.78 is 0. The minimum atomic E-state index is -0.125. The number of anilines is 1. The lowest BCUT2D eigenvalue weighted by molar-refractivity contribution is -0.124. The predicted octanol–water partition coefficient (Wildman–Crippen LogP) is 2.47. The summed E-state index contributed by atoms with van der Waals surface area (Å²) in [5, 5.41) is 3.79. The van der Waals surface area contributed by atoms with E-state index in [9.17, 15) is 4.79 Å². The molecule has 120 valence electrons. The number of rotatable bonds is 4. The Morgan fingerprint density at radius 3 is 2.86 bits per heavy atom. The van der Waals surface area contributed by atoms with Gasteiger partial charge in [0, 0.05) is 42.3 Å². The number of nitrogens with zero attached hydrogens (tertiary/aromatic N) is 1. The van der Waals surface area contributed by atoms with Crippen LogP contribution in [0.1, 0.15) is 13.3 Å². The summed E-state index contributed by atoms with van der Waals surface area (Å²) in [5.41, 5.74) is 6.60. The molecule has 0 saturated carbocycles. The number of halogens is 3. The fourth-order valence-corrected chi connectivity index (χ4v) is 2.42. The van der Waals surface area contributed by atoms with Crippen LogP contribution in [0.5, 0.6) is 0 Å².